The molecule has 1 unspecified atom stereocenters. The first-order valence-corrected chi connectivity index (χ1v) is 5.61. The van der Waals surface area contributed by atoms with E-state index < -0.39 is 15.5 Å². The number of likely N-dealkylation sites (N-methyl/N-ethyl adjacent to an activating group) is 1. The minimum absolute atomic E-state index is 0.0127. The highest BCUT2D eigenvalue weighted by Crippen LogP contribution is 2.15. The summed E-state index contributed by atoms with van der Waals surface area (Å²) < 4.78 is 32.5. The van der Waals surface area contributed by atoms with Crippen LogP contribution < -0.4 is 0 Å². The van der Waals surface area contributed by atoms with E-state index in [9.17, 15) is 13.0 Å². The second-order valence-corrected chi connectivity index (χ2v) is 5.11. The topological polar surface area (TPSA) is 77.4 Å². The largest absolute Gasteiger partial charge is 0.743 e. The Morgan fingerprint density at radius 1 is 1.46 bits per heavy atom. The van der Waals surface area contributed by atoms with Crippen molar-refractivity contribution >= 4 is 10.1 Å². The fourth-order valence-corrected chi connectivity index (χ4v) is 2.66. The number of quaternary nitrogens is 1. The summed E-state index contributed by atoms with van der Waals surface area (Å²) in [6.07, 6.45) is 0.263. The second-order valence-electron chi connectivity index (χ2n) is 3.58. The normalized spacial score (nSPS) is 15.8. The Kier molecular flexibility index (Phi) is 4.31. The van der Waals surface area contributed by atoms with Crippen molar-refractivity contribution in [2.75, 3.05) is 27.2 Å². The maximum atomic E-state index is 10.8. The lowest BCUT2D eigenvalue weighted by Crippen LogP contribution is -2.53. The molecule has 1 atom stereocenters. The van der Waals surface area contributed by atoms with Gasteiger partial charge in [0.1, 0.15) is 16.7 Å². The van der Waals surface area contributed by atoms with Gasteiger partial charge in [0.2, 0.25) is 0 Å². The van der Waals surface area contributed by atoms with E-state index in [4.69, 9.17) is 5.11 Å². The number of aliphatic hydroxyl groups is 1. The van der Waals surface area contributed by atoms with Gasteiger partial charge in [-0.05, 0) is 0 Å². The molecule has 0 spiro atoms. The number of nitrogens with zero attached hydrogens (tertiary/aromatic N) is 1. The number of hydrogen-bond acceptors (Lipinski definition) is 4. The molecule has 0 rings (SSSR count). The van der Waals surface area contributed by atoms with Crippen molar-refractivity contribution in [3.63, 3.8) is 0 Å². The van der Waals surface area contributed by atoms with Crippen LogP contribution in [0, 0.1) is 0 Å². The summed E-state index contributed by atoms with van der Waals surface area (Å²) in [6.45, 7) is 1.79. The Hall–Kier alpha value is -0.170. The highest BCUT2D eigenvalue weighted by atomic mass is 32.2. The molecule has 80 valence electrons. The van der Waals surface area contributed by atoms with E-state index in [1.165, 1.54) is 0 Å². The van der Waals surface area contributed by atoms with E-state index in [2.05, 4.69) is 0 Å². The van der Waals surface area contributed by atoms with Gasteiger partial charge >= 0.3 is 0 Å². The summed E-state index contributed by atoms with van der Waals surface area (Å²) in [4.78, 5) is 0. The Labute approximate surface area is 79.3 Å². The number of hydrogen-bond donors (Lipinski definition) is 1. The summed E-state index contributed by atoms with van der Waals surface area (Å²) in [5.74, 6) is 0. The smallest absolute Gasteiger partial charge is 0.178 e. The molecule has 0 saturated heterocycles. The molecule has 0 amide bonds. The van der Waals surface area contributed by atoms with Gasteiger partial charge in [0.15, 0.2) is 5.37 Å². The molecule has 0 aliphatic carbocycles. The SMILES string of the molecule is CCC([N+](C)(C)CCO)S(=O)(=O)[O-]. The predicted molar refractivity (Wildman–Crippen MR) is 47.8 cm³/mol. The van der Waals surface area contributed by atoms with Crippen molar-refractivity contribution in [3.8, 4) is 0 Å². The van der Waals surface area contributed by atoms with E-state index in [0.717, 1.165) is 0 Å². The van der Waals surface area contributed by atoms with Crippen LogP contribution in [0.2, 0.25) is 0 Å². The first-order chi connectivity index (χ1) is 5.75. The molecule has 1 N–H and O–H groups in total. The average Bonchev–Trinajstić information content (AvgIpc) is 1.83. The standard InChI is InChI=1S/C7H17NO4S/c1-4-7(13(10,11)12)8(2,3)5-6-9/h7,9H,4-6H2,1-3H3. The molecule has 0 aliphatic rings. The average molecular weight is 211 g/mol. The summed E-state index contributed by atoms with van der Waals surface area (Å²) in [7, 11) is -1.03. The third-order valence-corrected chi connectivity index (χ3v) is 3.71. The molecule has 0 aromatic rings. The lowest BCUT2D eigenvalue weighted by atomic mass is 10.3. The van der Waals surface area contributed by atoms with Gasteiger partial charge in [0.05, 0.1) is 20.7 Å². The van der Waals surface area contributed by atoms with Gasteiger partial charge in [-0.25, -0.2) is 8.42 Å². The zero-order chi connectivity index (χ0) is 10.7. The van der Waals surface area contributed by atoms with E-state index >= 15 is 0 Å². The van der Waals surface area contributed by atoms with Crippen LogP contribution in [-0.4, -0.2) is 55.2 Å². The van der Waals surface area contributed by atoms with Gasteiger partial charge in [-0.3, -0.25) is 0 Å². The molecule has 13 heavy (non-hydrogen) atoms. The Bertz CT molecular complexity index is 247. The molecule has 6 heteroatoms. The Balaban J connectivity index is 4.77. The maximum absolute atomic E-state index is 10.8. The number of aliphatic hydroxyl groups excluding tert-OH is 1. The fraction of sp³-hybridized carbons (Fsp3) is 1.00. The van der Waals surface area contributed by atoms with Gasteiger partial charge in [0.25, 0.3) is 0 Å². The third kappa shape index (κ3) is 3.60. The van der Waals surface area contributed by atoms with E-state index in [1.807, 2.05) is 0 Å². The van der Waals surface area contributed by atoms with Crippen molar-refractivity contribution in [1.29, 1.82) is 0 Å². The molecule has 0 saturated carbocycles. The molecule has 5 nitrogen and oxygen atoms in total. The molecule has 0 heterocycles. The lowest BCUT2D eigenvalue weighted by molar-refractivity contribution is -0.902. The molecule has 0 bridgehead atoms. The highest BCUT2D eigenvalue weighted by Gasteiger charge is 2.31. The van der Waals surface area contributed by atoms with Crippen LogP contribution in [0.3, 0.4) is 0 Å². The second kappa shape index (κ2) is 4.36. The van der Waals surface area contributed by atoms with Gasteiger partial charge in [-0.2, -0.15) is 0 Å². The zero-order valence-electron chi connectivity index (χ0n) is 8.23. The van der Waals surface area contributed by atoms with Crippen LogP contribution >= 0.6 is 0 Å². The molecular weight excluding hydrogens is 194 g/mol. The van der Waals surface area contributed by atoms with Crippen molar-refractivity contribution < 1.29 is 22.6 Å². The molecule has 0 aromatic heterocycles. The first kappa shape index (κ1) is 12.8. The van der Waals surface area contributed by atoms with Crippen LogP contribution in [0.1, 0.15) is 13.3 Å². The van der Waals surface area contributed by atoms with Gasteiger partial charge in [-0.1, -0.05) is 6.92 Å². The minimum Gasteiger partial charge on any atom is -0.743 e. The first-order valence-electron chi connectivity index (χ1n) is 4.14. The van der Waals surface area contributed by atoms with Crippen molar-refractivity contribution in [1.82, 2.24) is 0 Å². The van der Waals surface area contributed by atoms with Crippen LogP contribution in [0.15, 0.2) is 0 Å². The summed E-state index contributed by atoms with van der Waals surface area (Å²) >= 11 is 0. The molecule has 0 radical (unpaired) electrons. The molecular formula is C7H17NO4S. The minimum atomic E-state index is -4.28. The van der Waals surface area contributed by atoms with Crippen molar-refractivity contribution in [2.24, 2.45) is 0 Å². The summed E-state index contributed by atoms with van der Waals surface area (Å²) in [5.41, 5.74) is 0. The Morgan fingerprint density at radius 3 is 2.15 bits per heavy atom. The van der Waals surface area contributed by atoms with Crippen molar-refractivity contribution in [3.05, 3.63) is 0 Å². The number of rotatable bonds is 5. The van der Waals surface area contributed by atoms with Crippen LogP contribution in [0.25, 0.3) is 0 Å². The van der Waals surface area contributed by atoms with Gasteiger partial charge in [-0.15, -0.1) is 0 Å². The summed E-state index contributed by atoms with van der Waals surface area (Å²) in [6, 6.07) is 0. The predicted octanol–water partition coefficient (Wildman–Crippen LogP) is -0.664. The van der Waals surface area contributed by atoms with Crippen LogP contribution in [0.4, 0.5) is 0 Å². The lowest BCUT2D eigenvalue weighted by Gasteiger charge is -2.38. The van der Waals surface area contributed by atoms with Crippen LogP contribution in [-0.2, 0) is 10.1 Å². The summed E-state index contributed by atoms with van der Waals surface area (Å²) in [5, 5.41) is 7.73. The van der Waals surface area contributed by atoms with Crippen molar-refractivity contribution in [2.45, 2.75) is 18.7 Å². The van der Waals surface area contributed by atoms with E-state index in [-0.39, 0.29) is 24.1 Å². The highest BCUT2D eigenvalue weighted by molar-refractivity contribution is 7.86. The van der Waals surface area contributed by atoms with Gasteiger partial charge < -0.3 is 14.1 Å². The molecule has 0 aliphatic heterocycles. The van der Waals surface area contributed by atoms with Crippen LogP contribution in [0.5, 0.6) is 0 Å². The third-order valence-electron chi connectivity index (χ3n) is 2.14. The quantitative estimate of drug-likeness (QED) is 0.483. The van der Waals surface area contributed by atoms with E-state index in [0.29, 0.717) is 0 Å². The maximum Gasteiger partial charge on any atom is 0.178 e. The Morgan fingerprint density at radius 2 is 1.92 bits per heavy atom. The molecule has 0 aromatic carbocycles. The van der Waals surface area contributed by atoms with Gasteiger partial charge in [0, 0.05) is 6.42 Å². The molecule has 0 fully saturated rings. The van der Waals surface area contributed by atoms with E-state index in [1.54, 1.807) is 21.0 Å². The monoisotopic (exact) mass is 211 g/mol. The fourth-order valence-electron chi connectivity index (χ4n) is 1.45. The zero-order valence-corrected chi connectivity index (χ0v) is 9.04.